The summed E-state index contributed by atoms with van der Waals surface area (Å²) in [5.74, 6) is 1.98. The molecule has 2 unspecified atom stereocenters. The highest BCUT2D eigenvalue weighted by molar-refractivity contribution is 7.98. The third-order valence-electron chi connectivity index (χ3n) is 5.28. The SMILES string of the molecule is CSOC1CCCN(C2=C3OC(c4ccc(SC)cc4)=CC3N(C)C=C2)C1. The average Bonchev–Trinajstić information content (AvgIpc) is 3.15. The van der Waals surface area contributed by atoms with Gasteiger partial charge in [-0.05, 0) is 55.4 Å². The topological polar surface area (TPSA) is 24.9 Å². The van der Waals surface area contributed by atoms with E-state index in [1.807, 2.05) is 6.26 Å². The number of rotatable bonds is 5. The van der Waals surface area contributed by atoms with Crippen LogP contribution in [-0.4, -0.2) is 54.6 Å². The molecule has 27 heavy (non-hydrogen) atoms. The molecule has 3 heterocycles. The number of benzene rings is 1. The molecular weight excluding hydrogens is 376 g/mol. The Labute approximate surface area is 170 Å². The Morgan fingerprint density at radius 1 is 1.19 bits per heavy atom. The third-order valence-corrected chi connectivity index (χ3v) is 6.49. The molecule has 0 aromatic heterocycles. The molecule has 1 aromatic carbocycles. The Hall–Kier alpha value is -1.50. The Morgan fingerprint density at radius 3 is 2.74 bits per heavy atom. The van der Waals surface area contributed by atoms with E-state index in [9.17, 15) is 0 Å². The maximum Gasteiger partial charge on any atom is 0.154 e. The molecule has 4 rings (SSSR count). The summed E-state index contributed by atoms with van der Waals surface area (Å²) in [7, 11) is 2.10. The van der Waals surface area contributed by atoms with Gasteiger partial charge in [-0.1, -0.05) is 12.1 Å². The maximum absolute atomic E-state index is 6.41. The molecule has 1 aromatic rings. The van der Waals surface area contributed by atoms with Crippen LogP contribution in [-0.2, 0) is 8.92 Å². The summed E-state index contributed by atoms with van der Waals surface area (Å²) in [5.41, 5.74) is 2.32. The van der Waals surface area contributed by atoms with Gasteiger partial charge >= 0.3 is 0 Å². The lowest BCUT2D eigenvalue weighted by Crippen LogP contribution is -2.41. The fraction of sp³-hybridized carbons (Fsp3) is 0.429. The van der Waals surface area contributed by atoms with E-state index in [0.717, 1.165) is 43.0 Å². The third kappa shape index (κ3) is 3.89. The van der Waals surface area contributed by atoms with Gasteiger partial charge in [0.2, 0.25) is 0 Å². The number of thioether (sulfide) groups is 1. The first kappa shape index (κ1) is 18.8. The molecule has 1 saturated heterocycles. The number of likely N-dealkylation sites (N-methyl/N-ethyl adjacent to an activating group) is 1. The van der Waals surface area contributed by atoms with Crippen molar-refractivity contribution in [1.82, 2.24) is 9.80 Å². The molecule has 6 heteroatoms. The Bertz CT molecular complexity index is 771. The molecule has 0 radical (unpaired) electrons. The van der Waals surface area contributed by atoms with Crippen LogP contribution in [0, 0.1) is 0 Å². The summed E-state index contributed by atoms with van der Waals surface area (Å²) < 4.78 is 12.2. The van der Waals surface area contributed by atoms with Crippen LogP contribution in [0.25, 0.3) is 5.76 Å². The van der Waals surface area contributed by atoms with E-state index in [4.69, 9.17) is 8.92 Å². The highest BCUT2D eigenvalue weighted by Gasteiger charge is 2.34. The van der Waals surface area contributed by atoms with E-state index in [-0.39, 0.29) is 12.1 Å². The summed E-state index contributed by atoms with van der Waals surface area (Å²) in [6.07, 6.45) is 13.2. The molecule has 0 saturated carbocycles. The minimum absolute atomic E-state index is 0.155. The van der Waals surface area contributed by atoms with Crippen molar-refractivity contribution in [2.75, 3.05) is 32.6 Å². The number of hydrogen-bond donors (Lipinski definition) is 0. The molecule has 3 aliphatic rings. The summed E-state index contributed by atoms with van der Waals surface area (Å²) in [6.45, 7) is 1.97. The van der Waals surface area contributed by atoms with E-state index < -0.39 is 0 Å². The van der Waals surface area contributed by atoms with Crippen molar-refractivity contribution in [3.8, 4) is 0 Å². The number of piperidine rings is 1. The first-order valence-electron chi connectivity index (χ1n) is 9.32. The van der Waals surface area contributed by atoms with E-state index in [1.54, 1.807) is 11.8 Å². The zero-order valence-corrected chi connectivity index (χ0v) is 17.7. The predicted molar refractivity (Wildman–Crippen MR) is 114 cm³/mol. The van der Waals surface area contributed by atoms with E-state index >= 15 is 0 Å². The lowest BCUT2D eigenvalue weighted by molar-refractivity contribution is 0.124. The quantitative estimate of drug-likeness (QED) is 0.528. The summed E-state index contributed by atoms with van der Waals surface area (Å²) in [6, 6.07) is 8.75. The molecule has 0 amide bonds. The van der Waals surface area contributed by atoms with Gasteiger partial charge < -0.3 is 18.7 Å². The lowest BCUT2D eigenvalue weighted by Gasteiger charge is -2.37. The normalized spacial score (nSPS) is 24.8. The van der Waals surface area contributed by atoms with Crippen LogP contribution in [0.2, 0.25) is 0 Å². The van der Waals surface area contributed by atoms with Gasteiger partial charge in [0, 0.05) is 43.1 Å². The van der Waals surface area contributed by atoms with Gasteiger partial charge in [-0.3, -0.25) is 0 Å². The standard InChI is InChI=1S/C21H26N2O2S2/c1-22-12-10-18(23-11-4-5-16(14-23)25-27-3)21-19(22)13-20(24-21)15-6-8-17(26-2)9-7-15/h6-10,12-13,16,19H,4-5,11,14H2,1-3H3. The molecule has 144 valence electrons. The number of ether oxygens (including phenoxy) is 1. The molecule has 4 nitrogen and oxygen atoms in total. The minimum Gasteiger partial charge on any atom is -0.457 e. The Balaban J connectivity index is 1.59. The van der Waals surface area contributed by atoms with Crippen LogP contribution in [0.3, 0.4) is 0 Å². The largest absolute Gasteiger partial charge is 0.457 e. The van der Waals surface area contributed by atoms with Gasteiger partial charge in [0.05, 0.1) is 11.8 Å². The Kier molecular flexibility index (Phi) is 5.76. The van der Waals surface area contributed by atoms with E-state index in [2.05, 4.69) is 65.7 Å². The molecule has 0 aliphatic carbocycles. The first-order chi connectivity index (χ1) is 13.2. The molecule has 2 atom stereocenters. The van der Waals surface area contributed by atoms with Crippen LogP contribution in [0.1, 0.15) is 18.4 Å². The van der Waals surface area contributed by atoms with Crippen molar-refractivity contribution in [2.24, 2.45) is 0 Å². The summed E-state index contributed by atoms with van der Waals surface area (Å²) >= 11 is 3.22. The van der Waals surface area contributed by atoms with Crippen molar-refractivity contribution in [2.45, 2.75) is 29.9 Å². The van der Waals surface area contributed by atoms with E-state index in [0.29, 0.717) is 0 Å². The minimum atomic E-state index is 0.155. The smallest absolute Gasteiger partial charge is 0.154 e. The van der Waals surface area contributed by atoms with Gasteiger partial charge in [-0.15, -0.1) is 11.8 Å². The van der Waals surface area contributed by atoms with Crippen LogP contribution < -0.4 is 0 Å². The number of nitrogens with zero attached hydrogens (tertiary/aromatic N) is 2. The van der Waals surface area contributed by atoms with Crippen LogP contribution in [0.5, 0.6) is 0 Å². The van der Waals surface area contributed by atoms with Crippen molar-refractivity contribution in [3.63, 3.8) is 0 Å². The second-order valence-corrected chi connectivity index (χ2v) is 8.42. The first-order valence-corrected chi connectivity index (χ1v) is 11.7. The molecule has 0 spiro atoms. The highest BCUT2D eigenvalue weighted by atomic mass is 32.2. The van der Waals surface area contributed by atoms with Crippen molar-refractivity contribution < 1.29 is 8.92 Å². The highest BCUT2D eigenvalue weighted by Crippen LogP contribution is 2.38. The van der Waals surface area contributed by atoms with Gasteiger partial charge in [0.25, 0.3) is 0 Å². The van der Waals surface area contributed by atoms with Crippen LogP contribution in [0.4, 0.5) is 0 Å². The average molecular weight is 403 g/mol. The second-order valence-electron chi connectivity index (χ2n) is 7.01. The maximum atomic E-state index is 6.41. The molecule has 0 N–H and O–H groups in total. The fourth-order valence-electron chi connectivity index (χ4n) is 3.84. The summed E-state index contributed by atoms with van der Waals surface area (Å²) in [4.78, 5) is 5.90. The van der Waals surface area contributed by atoms with Gasteiger partial charge in [0.15, 0.2) is 5.76 Å². The van der Waals surface area contributed by atoms with Crippen LogP contribution in [0.15, 0.2) is 59.0 Å². The number of hydrogen-bond acceptors (Lipinski definition) is 6. The zero-order valence-electron chi connectivity index (χ0n) is 16.1. The van der Waals surface area contributed by atoms with Crippen molar-refractivity contribution >= 4 is 29.6 Å². The second kappa shape index (κ2) is 8.25. The lowest BCUT2D eigenvalue weighted by atomic mass is 10.0. The summed E-state index contributed by atoms with van der Waals surface area (Å²) in [5, 5.41) is 0. The molecule has 3 aliphatic heterocycles. The number of fused-ring (bicyclic) bond motifs is 1. The van der Waals surface area contributed by atoms with Crippen molar-refractivity contribution in [3.05, 3.63) is 59.6 Å². The number of likely N-dealkylation sites (tertiary alicyclic amines) is 1. The fourth-order valence-corrected chi connectivity index (χ4v) is 4.68. The molecule has 1 fully saturated rings. The van der Waals surface area contributed by atoms with E-state index in [1.165, 1.54) is 22.6 Å². The molecule has 0 bridgehead atoms. The Morgan fingerprint density at radius 2 is 2.00 bits per heavy atom. The monoisotopic (exact) mass is 402 g/mol. The van der Waals surface area contributed by atoms with Crippen molar-refractivity contribution in [1.29, 1.82) is 0 Å². The van der Waals surface area contributed by atoms with Crippen LogP contribution >= 0.6 is 23.8 Å². The molecular formula is C21H26N2O2S2. The zero-order chi connectivity index (χ0) is 18.8. The number of allylic oxidation sites excluding steroid dienone is 1. The predicted octanol–water partition coefficient (Wildman–Crippen LogP) is 4.58. The van der Waals surface area contributed by atoms with Gasteiger partial charge in [-0.25, -0.2) is 0 Å². The van der Waals surface area contributed by atoms with Gasteiger partial charge in [0.1, 0.15) is 11.8 Å². The van der Waals surface area contributed by atoms with Gasteiger partial charge in [-0.2, -0.15) is 0 Å².